The highest BCUT2D eigenvalue weighted by atomic mass is 16.5. The van der Waals surface area contributed by atoms with E-state index in [0.717, 1.165) is 16.8 Å². The molecule has 2 fully saturated rings. The van der Waals surface area contributed by atoms with Crippen molar-refractivity contribution in [2.45, 2.75) is 39.3 Å². The van der Waals surface area contributed by atoms with E-state index in [-0.39, 0.29) is 11.8 Å². The van der Waals surface area contributed by atoms with Gasteiger partial charge in [0.15, 0.2) is 0 Å². The first-order valence-corrected chi connectivity index (χ1v) is 12.1. The second-order valence-corrected chi connectivity index (χ2v) is 9.94. The van der Waals surface area contributed by atoms with Crippen LogP contribution in [0.3, 0.4) is 0 Å². The maximum Gasteiger partial charge on any atom is 0.327 e. The number of fused-ring (bicyclic) bond motifs is 1. The maximum atomic E-state index is 14.0. The van der Waals surface area contributed by atoms with Gasteiger partial charge in [-0.3, -0.25) is 19.7 Å². The lowest BCUT2D eigenvalue weighted by atomic mass is 9.73. The van der Waals surface area contributed by atoms with Gasteiger partial charge in [0.05, 0.1) is 36.0 Å². The van der Waals surface area contributed by atoms with Crippen LogP contribution in [0.25, 0.3) is 5.69 Å². The number of rotatable bonds is 5. The van der Waals surface area contributed by atoms with Gasteiger partial charge in [-0.15, -0.1) is 0 Å². The van der Waals surface area contributed by atoms with Gasteiger partial charge in [0.2, 0.25) is 11.8 Å². The monoisotopic (exact) mass is 486 g/mol. The van der Waals surface area contributed by atoms with E-state index in [4.69, 9.17) is 4.74 Å². The zero-order chi connectivity index (χ0) is 25.8. The van der Waals surface area contributed by atoms with Crippen LogP contribution in [0.1, 0.15) is 36.7 Å². The number of benzene rings is 2. The zero-order valence-corrected chi connectivity index (χ0v) is 21.1. The number of aryl methyl sites for hydroxylation is 2. The average molecular weight is 487 g/mol. The highest BCUT2D eigenvalue weighted by Crippen LogP contribution is 2.53. The zero-order valence-electron chi connectivity index (χ0n) is 21.1. The van der Waals surface area contributed by atoms with E-state index in [1.165, 1.54) is 12.0 Å². The molecule has 0 saturated carbocycles. The number of aromatic nitrogens is 2. The number of methoxy groups -OCH3 is 1. The van der Waals surface area contributed by atoms with Crippen LogP contribution < -0.4 is 10.2 Å². The lowest BCUT2D eigenvalue weighted by molar-refractivity contribution is -0.154. The first-order valence-electron chi connectivity index (χ1n) is 12.1. The predicted molar refractivity (Wildman–Crippen MR) is 134 cm³/mol. The summed E-state index contributed by atoms with van der Waals surface area (Å²) in [6.07, 6.45) is 1.87. The summed E-state index contributed by atoms with van der Waals surface area (Å²) in [4.78, 5) is 42.5. The summed E-state index contributed by atoms with van der Waals surface area (Å²) in [7, 11) is 1.31. The molecule has 8 heteroatoms. The van der Waals surface area contributed by atoms with Crippen LogP contribution in [0, 0.1) is 31.6 Å². The molecule has 0 aliphatic carbocycles. The number of esters is 1. The van der Waals surface area contributed by atoms with Gasteiger partial charge in [0.25, 0.3) is 0 Å². The van der Waals surface area contributed by atoms with Crippen molar-refractivity contribution in [2.75, 3.05) is 12.0 Å². The van der Waals surface area contributed by atoms with Gasteiger partial charge in [-0.05, 0) is 44.0 Å². The number of hydrogen-bond acceptors (Lipinski definition) is 6. The molecule has 2 saturated heterocycles. The Balaban J connectivity index is 1.66. The maximum absolute atomic E-state index is 14.0. The van der Waals surface area contributed by atoms with Gasteiger partial charge in [0, 0.05) is 17.8 Å². The van der Waals surface area contributed by atoms with E-state index < -0.39 is 35.3 Å². The Morgan fingerprint density at radius 2 is 1.67 bits per heavy atom. The third-order valence-corrected chi connectivity index (χ3v) is 7.61. The van der Waals surface area contributed by atoms with Crippen molar-refractivity contribution in [3.63, 3.8) is 0 Å². The summed E-state index contributed by atoms with van der Waals surface area (Å²) in [5, 5.41) is 8.10. The number of hydrogen-bond donors (Lipinski definition) is 1. The first-order chi connectivity index (χ1) is 17.2. The Morgan fingerprint density at radius 1 is 1.00 bits per heavy atom. The molecule has 186 valence electrons. The number of nitrogens with zero attached hydrogens (tertiary/aromatic N) is 3. The van der Waals surface area contributed by atoms with Crippen LogP contribution in [-0.2, 0) is 19.1 Å². The number of carbonyl (C=O) groups is 3. The fourth-order valence-corrected chi connectivity index (χ4v) is 5.77. The fraction of sp³-hybridized carbons (Fsp3) is 0.357. The Bertz CT molecular complexity index is 1330. The summed E-state index contributed by atoms with van der Waals surface area (Å²) < 4.78 is 6.99. The number of anilines is 1. The molecule has 0 unspecified atom stereocenters. The molecule has 3 heterocycles. The molecule has 2 aliphatic heterocycles. The summed E-state index contributed by atoms with van der Waals surface area (Å²) in [5.74, 6) is -3.28. The Hall–Kier alpha value is -3.78. The van der Waals surface area contributed by atoms with E-state index in [2.05, 4.69) is 10.4 Å². The molecule has 0 spiro atoms. The molecule has 3 aromatic rings. The van der Waals surface area contributed by atoms with Crippen LogP contribution >= 0.6 is 0 Å². The van der Waals surface area contributed by atoms with Gasteiger partial charge in [-0.2, -0.15) is 5.10 Å². The third-order valence-electron chi connectivity index (χ3n) is 7.61. The average Bonchev–Trinajstić information content (AvgIpc) is 3.51. The van der Waals surface area contributed by atoms with Crippen molar-refractivity contribution < 1.29 is 19.1 Å². The Morgan fingerprint density at radius 3 is 2.28 bits per heavy atom. The lowest BCUT2D eigenvalue weighted by Crippen LogP contribution is -2.59. The lowest BCUT2D eigenvalue weighted by Gasteiger charge is -2.35. The normalized spacial score (nSPS) is 25.5. The first kappa shape index (κ1) is 23.9. The van der Waals surface area contributed by atoms with E-state index in [9.17, 15) is 14.4 Å². The van der Waals surface area contributed by atoms with Gasteiger partial charge in [0.1, 0.15) is 5.54 Å². The highest BCUT2D eigenvalue weighted by molar-refractivity contribution is 6.24. The van der Waals surface area contributed by atoms with Crippen molar-refractivity contribution in [1.29, 1.82) is 0 Å². The largest absolute Gasteiger partial charge is 0.468 e. The minimum Gasteiger partial charge on any atom is -0.468 e. The second-order valence-electron chi connectivity index (χ2n) is 9.94. The summed E-state index contributed by atoms with van der Waals surface area (Å²) in [6.45, 7) is 7.56. The molecular formula is C28H30N4O4. The molecule has 5 rings (SSSR count). The summed E-state index contributed by atoms with van der Waals surface area (Å²) >= 11 is 0. The molecule has 2 amide bonds. The molecule has 0 bridgehead atoms. The van der Waals surface area contributed by atoms with Gasteiger partial charge < -0.3 is 4.74 Å². The predicted octanol–water partition coefficient (Wildman–Crippen LogP) is 3.51. The quantitative estimate of drug-likeness (QED) is 0.438. The number of para-hydroxylation sites is 1. The van der Waals surface area contributed by atoms with Gasteiger partial charge in [-0.1, -0.05) is 49.7 Å². The molecule has 2 aromatic carbocycles. The molecular weight excluding hydrogens is 456 g/mol. The van der Waals surface area contributed by atoms with E-state index in [1.807, 2.05) is 76.4 Å². The van der Waals surface area contributed by atoms with Crippen LogP contribution in [-0.4, -0.2) is 40.2 Å². The van der Waals surface area contributed by atoms with Crippen LogP contribution in [0.4, 0.5) is 5.69 Å². The minimum atomic E-state index is -1.36. The van der Waals surface area contributed by atoms with Crippen LogP contribution in [0.2, 0.25) is 0 Å². The number of nitrogens with one attached hydrogen (secondary N) is 1. The van der Waals surface area contributed by atoms with Crippen LogP contribution in [0.5, 0.6) is 0 Å². The minimum absolute atomic E-state index is 0.318. The smallest absolute Gasteiger partial charge is 0.327 e. The third kappa shape index (κ3) is 3.39. The number of ether oxygens (including phenoxy) is 1. The van der Waals surface area contributed by atoms with Crippen molar-refractivity contribution >= 4 is 23.5 Å². The highest BCUT2D eigenvalue weighted by Gasteiger charge is 2.70. The molecule has 8 nitrogen and oxygen atoms in total. The molecule has 4 atom stereocenters. The number of amides is 2. The summed E-state index contributed by atoms with van der Waals surface area (Å²) in [5.41, 5.74) is 2.52. The Labute approximate surface area is 210 Å². The Kier molecular flexibility index (Phi) is 5.79. The molecule has 0 radical (unpaired) electrons. The number of carbonyl (C=O) groups excluding carboxylic acids is 3. The van der Waals surface area contributed by atoms with Gasteiger partial charge >= 0.3 is 5.97 Å². The number of imide groups is 1. The summed E-state index contributed by atoms with van der Waals surface area (Å²) in [6, 6.07) is 16.3. The van der Waals surface area contributed by atoms with Crippen LogP contribution in [0.15, 0.2) is 60.8 Å². The molecule has 2 aliphatic rings. The van der Waals surface area contributed by atoms with E-state index in [0.29, 0.717) is 11.4 Å². The topological polar surface area (TPSA) is 93.5 Å². The van der Waals surface area contributed by atoms with E-state index in [1.54, 1.807) is 16.8 Å². The van der Waals surface area contributed by atoms with Crippen molar-refractivity contribution in [3.8, 4) is 5.69 Å². The van der Waals surface area contributed by atoms with Gasteiger partial charge in [-0.25, -0.2) is 9.58 Å². The van der Waals surface area contributed by atoms with Crippen molar-refractivity contribution in [2.24, 2.45) is 17.8 Å². The second kappa shape index (κ2) is 8.71. The van der Waals surface area contributed by atoms with Crippen molar-refractivity contribution in [3.05, 3.63) is 77.6 Å². The molecule has 1 aromatic heterocycles. The molecule has 36 heavy (non-hydrogen) atoms. The standard InChI is InChI=1S/C28H30N4O4/c1-16(2)28(27(35)36-5)23-22(25(33)32(26(23)34)20-13-11-17(3)12-14-20)24(29-28)21-15-31(30-18(21)4)19-9-7-6-8-10-19/h6-16,22-24,29H,1-5H3/t22-,23-,24-,28-/m1/s1. The van der Waals surface area contributed by atoms with Crippen molar-refractivity contribution in [1.82, 2.24) is 15.1 Å². The fourth-order valence-electron chi connectivity index (χ4n) is 5.77. The SMILES string of the molecule is COC(=O)[C@]1(C(C)C)N[C@H](c2cn(-c3ccccc3)nc2C)[C@@H]2C(=O)N(c3ccc(C)cc3)C(=O)[C@@H]21. The van der Waals surface area contributed by atoms with E-state index >= 15 is 0 Å². The molecule has 1 N–H and O–H groups in total.